The Kier molecular flexibility index (Phi) is 17.9. The maximum absolute atomic E-state index is 12.0. The lowest BCUT2D eigenvalue weighted by molar-refractivity contribution is -0.145. The molecule has 0 rings (SSSR count). The van der Waals surface area contributed by atoms with Crippen molar-refractivity contribution in [1.82, 2.24) is 5.32 Å². The van der Waals surface area contributed by atoms with E-state index >= 15 is 0 Å². The van der Waals surface area contributed by atoms with Gasteiger partial charge in [-0.25, -0.2) is 4.79 Å². The molecule has 0 aliphatic heterocycles. The van der Waals surface area contributed by atoms with E-state index in [4.69, 9.17) is 10.5 Å². The molecule has 1 unspecified atom stereocenters. The standard InChI is InChI=1S/C21H42N2O3/c1-3-4-5-6-7-8-9-10-11-12-13-17-20(24)23-19(21(25)26-2)16-14-15-18-22/h19H,3-18,22H2,1-2H3,(H,23,24). The highest BCUT2D eigenvalue weighted by Gasteiger charge is 2.20. The summed E-state index contributed by atoms with van der Waals surface area (Å²) in [6.07, 6.45) is 16.6. The van der Waals surface area contributed by atoms with Gasteiger partial charge in [0.1, 0.15) is 6.04 Å². The number of hydrogen-bond donors (Lipinski definition) is 2. The Morgan fingerprint density at radius 3 is 1.88 bits per heavy atom. The molecule has 5 heteroatoms. The highest BCUT2D eigenvalue weighted by molar-refractivity contribution is 5.84. The minimum atomic E-state index is -0.535. The summed E-state index contributed by atoms with van der Waals surface area (Å²) in [7, 11) is 1.36. The summed E-state index contributed by atoms with van der Waals surface area (Å²) in [5.41, 5.74) is 5.47. The van der Waals surface area contributed by atoms with Crippen LogP contribution in [0.4, 0.5) is 0 Å². The van der Waals surface area contributed by atoms with Crippen molar-refractivity contribution in [2.24, 2.45) is 5.73 Å². The molecule has 26 heavy (non-hydrogen) atoms. The smallest absolute Gasteiger partial charge is 0.328 e. The fraction of sp³-hybridized carbons (Fsp3) is 0.905. The Hall–Kier alpha value is -1.10. The number of nitrogens with one attached hydrogen (secondary N) is 1. The molecule has 1 amide bonds. The van der Waals surface area contributed by atoms with E-state index in [0.29, 0.717) is 19.4 Å². The molecular weight excluding hydrogens is 328 g/mol. The normalized spacial score (nSPS) is 12.0. The highest BCUT2D eigenvalue weighted by Crippen LogP contribution is 2.12. The topological polar surface area (TPSA) is 81.4 Å². The lowest BCUT2D eigenvalue weighted by Gasteiger charge is -2.16. The van der Waals surface area contributed by atoms with Gasteiger partial charge < -0.3 is 15.8 Å². The molecule has 0 heterocycles. The Bertz CT molecular complexity index is 348. The average Bonchev–Trinajstić information content (AvgIpc) is 2.64. The summed E-state index contributed by atoms with van der Waals surface area (Å²) in [4.78, 5) is 23.8. The summed E-state index contributed by atoms with van der Waals surface area (Å²) in [6.45, 7) is 2.85. The van der Waals surface area contributed by atoms with Gasteiger partial charge in [0.2, 0.25) is 5.91 Å². The Morgan fingerprint density at radius 2 is 1.38 bits per heavy atom. The van der Waals surface area contributed by atoms with Crippen molar-refractivity contribution >= 4 is 11.9 Å². The number of carbonyl (C=O) groups excluding carboxylic acids is 2. The van der Waals surface area contributed by atoms with Crippen LogP contribution >= 0.6 is 0 Å². The van der Waals surface area contributed by atoms with Crippen LogP contribution < -0.4 is 11.1 Å². The van der Waals surface area contributed by atoms with Crippen molar-refractivity contribution in [3.8, 4) is 0 Å². The first kappa shape index (κ1) is 24.9. The van der Waals surface area contributed by atoms with Crippen LogP contribution in [0.15, 0.2) is 0 Å². The quantitative estimate of drug-likeness (QED) is 0.275. The van der Waals surface area contributed by atoms with E-state index in [0.717, 1.165) is 25.7 Å². The number of methoxy groups -OCH3 is 1. The van der Waals surface area contributed by atoms with Gasteiger partial charge >= 0.3 is 5.97 Å². The minimum absolute atomic E-state index is 0.0518. The molecule has 3 N–H and O–H groups in total. The summed E-state index contributed by atoms with van der Waals surface area (Å²) >= 11 is 0. The molecule has 0 aliphatic rings. The van der Waals surface area contributed by atoms with E-state index in [2.05, 4.69) is 12.2 Å². The van der Waals surface area contributed by atoms with Crippen LogP contribution in [0.1, 0.15) is 103 Å². The monoisotopic (exact) mass is 370 g/mol. The van der Waals surface area contributed by atoms with Crippen LogP contribution in [-0.4, -0.2) is 31.6 Å². The summed E-state index contributed by atoms with van der Waals surface area (Å²) in [6, 6.07) is -0.535. The second-order valence-electron chi connectivity index (χ2n) is 7.21. The SMILES string of the molecule is CCCCCCCCCCCCCC(=O)NC(CCCCN)C(=O)OC. The lowest BCUT2D eigenvalue weighted by Crippen LogP contribution is -2.41. The summed E-state index contributed by atoms with van der Waals surface area (Å²) < 4.78 is 4.77. The van der Waals surface area contributed by atoms with E-state index in [1.807, 2.05) is 0 Å². The third-order valence-electron chi connectivity index (χ3n) is 4.78. The molecule has 0 fully saturated rings. The molecule has 0 aromatic heterocycles. The van der Waals surface area contributed by atoms with Crippen molar-refractivity contribution in [2.75, 3.05) is 13.7 Å². The van der Waals surface area contributed by atoms with Crippen molar-refractivity contribution < 1.29 is 14.3 Å². The fourth-order valence-electron chi connectivity index (χ4n) is 3.10. The molecule has 0 aromatic rings. The van der Waals surface area contributed by atoms with E-state index < -0.39 is 6.04 Å². The van der Waals surface area contributed by atoms with E-state index in [-0.39, 0.29) is 11.9 Å². The molecule has 1 atom stereocenters. The second kappa shape index (κ2) is 18.7. The Labute approximate surface area is 160 Å². The number of nitrogens with two attached hydrogens (primary N) is 1. The van der Waals surface area contributed by atoms with Crippen LogP contribution in [-0.2, 0) is 14.3 Å². The van der Waals surface area contributed by atoms with E-state index in [9.17, 15) is 9.59 Å². The van der Waals surface area contributed by atoms with Crippen LogP contribution in [0.3, 0.4) is 0 Å². The van der Waals surface area contributed by atoms with Crippen LogP contribution in [0, 0.1) is 0 Å². The molecule has 154 valence electrons. The number of esters is 1. The predicted molar refractivity (Wildman–Crippen MR) is 108 cm³/mol. The van der Waals surface area contributed by atoms with Gasteiger partial charge in [-0.1, -0.05) is 71.1 Å². The molecule has 0 radical (unpaired) electrons. The van der Waals surface area contributed by atoms with Crippen molar-refractivity contribution in [1.29, 1.82) is 0 Å². The van der Waals surface area contributed by atoms with Gasteiger partial charge in [0, 0.05) is 6.42 Å². The molecular formula is C21H42N2O3. The van der Waals surface area contributed by atoms with Crippen molar-refractivity contribution in [3.63, 3.8) is 0 Å². The van der Waals surface area contributed by atoms with Gasteiger partial charge in [0.25, 0.3) is 0 Å². The molecule has 0 saturated carbocycles. The van der Waals surface area contributed by atoms with Crippen LogP contribution in [0.2, 0.25) is 0 Å². The molecule has 0 aliphatic carbocycles. The van der Waals surface area contributed by atoms with Crippen LogP contribution in [0.25, 0.3) is 0 Å². The number of rotatable bonds is 18. The Morgan fingerprint density at radius 1 is 0.846 bits per heavy atom. The molecule has 5 nitrogen and oxygen atoms in total. The van der Waals surface area contributed by atoms with Gasteiger partial charge in [-0.15, -0.1) is 0 Å². The highest BCUT2D eigenvalue weighted by atomic mass is 16.5. The number of unbranched alkanes of at least 4 members (excludes halogenated alkanes) is 11. The fourth-order valence-corrected chi connectivity index (χ4v) is 3.10. The van der Waals surface area contributed by atoms with E-state index in [1.165, 1.54) is 64.9 Å². The molecule has 0 spiro atoms. The zero-order chi connectivity index (χ0) is 19.5. The first-order valence-corrected chi connectivity index (χ1v) is 10.7. The summed E-state index contributed by atoms with van der Waals surface area (Å²) in [5.74, 6) is -0.418. The third kappa shape index (κ3) is 15.2. The van der Waals surface area contributed by atoms with Crippen molar-refractivity contribution in [2.45, 2.75) is 109 Å². The minimum Gasteiger partial charge on any atom is -0.467 e. The Balaban J connectivity index is 3.65. The first-order chi connectivity index (χ1) is 12.7. The molecule has 0 aromatic carbocycles. The maximum Gasteiger partial charge on any atom is 0.328 e. The van der Waals surface area contributed by atoms with Gasteiger partial charge in [-0.05, 0) is 32.2 Å². The molecule has 0 bridgehead atoms. The van der Waals surface area contributed by atoms with Crippen LogP contribution in [0.5, 0.6) is 0 Å². The van der Waals surface area contributed by atoms with Gasteiger partial charge in [-0.2, -0.15) is 0 Å². The first-order valence-electron chi connectivity index (χ1n) is 10.7. The zero-order valence-corrected chi connectivity index (χ0v) is 17.2. The van der Waals surface area contributed by atoms with Gasteiger partial charge in [0.05, 0.1) is 7.11 Å². The number of amides is 1. The van der Waals surface area contributed by atoms with Crippen molar-refractivity contribution in [3.05, 3.63) is 0 Å². The average molecular weight is 371 g/mol. The zero-order valence-electron chi connectivity index (χ0n) is 17.2. The summed E-state index contributed by atoms with van der Waals surface area (Å²) in [5, 5.41) is 2.81. The van der Waals surface area contributed by atoms with Gasteiger partial charge in [-0.3, -0.25) is 4.79 Å². The predicted octanol–water partition coefficient (Wildman–Crippen LogP) is 4.47. The van der Waals surface area contributed by atoms with E-state index in [1.54, 1.807) is 0 Å². The second-order valence-corrected chi connectivity index (χ2v) is 7.21. The lowest BCUT2D eigenvalue weighted by atomic mass is 10.0. The number of ether oxygens (including phenoxy) is 1. The number of hydrogen-bond acceptors (Lipinski definition) is 4. The largest absolute Gasteiger partial charge is 0.467 e. The third-order valence-corrected chi connectivity index (χ3v) is 4.78. The maximum atomic E-state index is 12.0. The van der Waals surface area contributed by atoms with Gasteiger partial charge in [0.15, 0.2) is 0 Å². The number of carbonyl (C=O) groups is 2. The molecule has 0 saturated heterocycles.